The van der Waals surface area contributed by atoms with Crippen molar-refractivity contribution in [3.8, 4) is 0 Å². The lowest BCUT2D eigenvalue weighted by atomic mass is 9.84. The van der Waals surface area contributed by atoms with Crippen molar-refractivity contribution in [3.05, 3.63) is 35.8 Å². The van der Waals surface area contributed by atoms with Gasteiger partial charge in [0.15, 0.2) is 17.5 Å². The Kier molecular flexibility index (Phi) is 12.6. The van der Waals surface area contributed by atoms with Crippen LogP contribution in [0.3, 0.4) is 0 Å². The number of aliphatic hydroxyl groups is 1. The van der Waals surface area contributed by atoms with Crippen LogP contribution in [0.1, 0.15) is 59.3 Å². The van der Waals surface area contributed by atoms with Crippen LogP contribution in [-0.2, 0) is 4.79 Å². The van der Waals surface area contributed by atoms with Gasteiger partial charge in [0.2, 0.25) is 11.9 Å². The fourth-order valence-electron chi connectivity index (χ4n) is 4.64. The van der Waals surface area contributed by atoms with Gasteiger partial charge < -0.3 is 31.3 Å². The molecule has 2 aromatic rings. The maximum atomic E-state index is 14.3. The highest BCUT2D eigenvalue weighted by Gasteiger charge is 2.32. The molecule has 1 aliphatic carbocycles. The molecule has 0 spiro atoms. The fourth-order valence-corrected chi connectivity index (χ4v) is 4.64. The van der Waals surface area contributed by atoms with E-state index in [4.69, 9.17) is 10.8 Å². The summed E-state index contributed by atoms with van der Waals surface area (Å²) in [7, 11) is 2.84. The van der Waals surface area contributed by atoms with Gasteiger partial charge in [-0.3, -0.25) is 4.79 Å². The smallest absolute Gasteiger partial charge is 0.225 e. The molecule has 3 rings (SSSR count). The Morgan fingerprint density at radius 2 is 1.77 bits per heavy atom. The first-order chi connectivity index (χ1) is 18.6. The van der Waals surface area contributed by atoms with Gasteiger partial charge in [-0.15, -0.1) is 0 Å². The van der Waals surface area contributed by atoms with Crippen LogP contribution >= 0.6 is 0 Å². The molecule has 218 valence electrons. The van der Waals surface area contributed by atoms with Crippen LogP contribution in [0.4, 0.5) is 36.3 Å². The van der Waals surface area contributed by atoms with Crippen LogP contribution in [0.5, 0.6) is 0 Å². The van der Waals surface area contributed by atoms with Crippen LogP contribution in [0.15, 0.2) is 18.3 Å². The van der Waals surface area contributed by atoms with Crippen LogP contribution in [-0.4, -0.2) is 65.3 Å². The van der Waals surface area contributed by atoms with Gasteiger partial charge in [0, 0.05) is 50.8 Å². The third-order valence-electron chi connectivity index (χ3n) is 6.63. The van der Waals surface area contributed by atoms with E-state index >= 15 is 0 Å². The average molecular weight is 554 g/mol. The SMILES string of the molecule is CCCCN(C)C(=O)C1CCC(N(CNc2c(F)cc(F)cc2F)c2nc(NC(C)C)ncc2N)CC1.CO. The summed E-state index contributed by atoms with van der Waals surface area (Å²) in [5, 5.41) is 12.9. The van der Waals surface area contributed by atoms with E-state index in [1.165, 1.54) is 6.20 Å². The minimum atomic E-state index is -1.03. The molecule has 0 radical (unpaired) electrons. The number of hydrogen-bond donors (Lipinski definition) is 4. The Hall–Kier alpha value is -3.28. The Labute approximate surface area is 229 Å². The Balaban J connectivity index is 0.00000260. The summed E-state index contributed by atoms with van der Waals surface area (Å²) >= 11 is 0. The molecular weight excluding hydrogens is 511 g/mol. The molecule has 9 nitrogen and oxygen atoms in total. The second-order valence-corrected chi connectivity index (χ2v) is 9.94. The molecule has 12 heteroatoms. The van der Waals surface area contributed by atoms with Crippen LogP contribution in [0, 0.1) is 23.4 Å². The van der Waals surface area contributed by atoms with E-state index in [0.717, 1.165) is 26.5 Å². The number of amides is 1. The number of nitrogens with one attached hydrogen (secondary N) is 2. The number of anilines is 4. The van der Waals surface area contributed by atoms with Crippen molar-refractivity contribution in [2.24, 2.45) is 5.92 Å². The third kappa shape index (κ3) is 8.87. The van der Waals surface area contributed by atoms with Crippen molar-refractivity contribution in [1.29, 1.82) is 0 Å². The molecule has 1 aromatic carbocycles. The molecule has 0 unspecified atom stereocenters. The molecule has 5 N–H and O–H groups in total. The average Bonchev–Trinajstić information content (AvgIpc) is 2.91. The number of halogens is 3. The van der Waals surface area contributed by atoms with E-state index in [2.05, 4.69) is 27.5 Å². The normalized spacial score (nSPS) is 16.8. The number of aromatic nitrogens is 2. The van der Waals surface area contributed by atoms with Gasteiger partial charge in [-0.2, -0.15) is 4.98 Å². The highest BCUT2D eigenvalue weighted by molar-refractivity contribution is 5.78. The Bertz CT molecular complexity index is 1040. The molecule has 0 aliphatic heterocycles. The molecule has 1 amide bonds. The van der Waals surface area contributed by atoms with Crippen molar-refractivity contribution < 1.29 is 23.1 Å². The summed E-state index contributed by atoms with van der Waals surface area (Å²) < 4.78 is 42.1. The first-order valence-corrected chi connectivity index (χ1v) is 13.3. The van der Waals surface area contributed by atoms with Gasteiger partial charge in [-0.05, 0) is 46.0 Å². The Morgan fingerprint density at radius 1 is 1.15 bits per heavy atom. The van der Waals surface area contributed by atoms with E-state index in [9.17, 15) is 18.0 Å². The van der Waals surface area contributed by atoms with Crippen LogP contribution in [0.25, 0.3) is 0 Å². The molecule has 0 bridgehead atoms. The van der Waals surface area contributed by atoms with Gasteiger partial charge in [-0.25, -0.2) is 18.2 Å². The minimum Gasteiger partial charge on any atom is -0.400 e. The summed E-state index contributed by atoms with van der Waals surface area (Å²) in [6.07, 6.45) is 6.18. The standard InChI is InChI=1S/C26H38F3N7O.CH4O/c1-5-6-11-35(4)25(37)17-7-9-19(10-8-17)36(15-32-23-20(28)12-18(27)13-21(23)29)24-22(30)14-31-26(34-24)33-16(2)3;1-2/h12-14,16-17,19,32H,5-11,15,30H2,1-4H3,(H,31,33,34);2H,1H3. The second-order valence-electron chi connectivity index (χ2n) is 9.94. The number of nitrogens with two attached hydrogens (primary N) is 1. The number of hydrogen-bond acceptors (Lipinski definition) is 8. The number of carbonyl (C=O) groups is 1. The van der Waals surface area contributed by atoms with E-state index in [0.29, 0.717) is 55.3 Å². The zero-order valence-corrected chi connectivity index (χ0v) is 23.5. The molecular formula is C27H42F3N7O2. The first kappa shape index (κ1) is 31.9. The number of carbonyl (C=O) groups excluding carboxylic acids is 1. The quantitative estimate of drug-likeness (QED) is 0.298. The summed E-state index contributed by atoms with van der Waals surface area (Å²) in [6.45, 7) is 6.71. The molecule has 1 saturated carbocycles. The molecule has 1 fully saturated rings. The van der Waals surface area contributed by atoms with Gasteiger partial charge >= 0.3 is 0 Å². The lowest BCUT2D eigenvalue weighted by Crippen LogP contribution is -2.44. The van der Waals surface area contributed by atoms with Crippen LogP contribution in [0.2, 0.25) is 0 Å². The lowest BCUT2D eigenvalue weighted by molar-refractivity contribution is -0.135. The zero-order chi connectivity index (χ0) is 29.1. The second kappa shape index (κ2) is 15.3. The van der Waals surface area contributed by atoms with Crippen molar-refractivity contribution in [2.75, 3.05) is 48.6 Å². The summed E-state index contributed by atoms with van der Waals surface area (Å²) in [5.41, 5.74) is 6.14. The monoisotopic (exact) mass is 553 g/mol. The van der Waals surface area contributed by atoms with E-state index in [1.54, 1.807) is 4.90 Å². The van der Waals surface area contributed by atoms with Gasteiger partial charge in [0.1, 0.15) is 11.5 Å². The van der Waals surface area contributed by atoms with Crippen LogP contribution < -0.4 is 21.3 Å². The summed E-state index contributed by atoms with van der Waals surface area (Å²) in [6, 6.07) is 1.25. The lowest BCUT2D eigenvalue weighted by Gasteiger charge is -2.38. The number of nitrogens with zero attached hydrogens (tertiary/aromatic N) is 4. The number of rotatable bonds is 11. The fraction of sp³-hybridized carbons (Fsp3) is 0.593. The first-order valence-electron chi connectivity index (χ1n) is 13.3. The minimum absolute atomic E-state index is 0.0263. The molecule has 39 heavy (non-hydrogen) atoms. The highest BCUT2D eigenvalue weighted by atomic mass is 19.1. The van der Waals surface area contributed by atoms with Crippen molar-refractivity contribution in [2.45, 2.75) is 71.4 Å². The number of benzene rings is 1. The molecule has 1 aromatic heterocycles. The van der Waals surface area contributed by atoms with Crippen molar-refractivity contribution >= 4 is 29.0 Å². The summed E-state index contributed by atoms with van der Waals surface area (Å²) in [4.78, 5) is 25.4. The Morgan fingerprint density at radius 3 is 2.33 bits per heavy atom. The van der Waals surface area contributed by atoms with Crippen molar-refractivity contribution in [1.82, 2.24) is 14.9 Å². The highest BCUT2D eigenvalue weighted by Crippen LogP contribution is 2.33. The number of nitrogen functional groups attached to an aromatic ring is 1. The van der Waals surface area contributed by atoms with E-state index < -0.39 is 23.1 Å². The largest absolute Gasteiger partial charge is 0.400 e. The van der Waals surface area contributed by atoms with Gasteiger partial charge in [0.05, 0.1) is 18.6 Å². The molecule has 1 aliphatic rings. The van der Waals surface area contributed by atoms with Gasteiger partial charge in [-0.1, -0.05) is 13.3 Å². The van der Waals surface area contributed by atoms with Crippen molar-refractivity contribution in [3.63, 3.8) is 0 Å². The predicted molar refractivity (Wildman–Crippen MR) is 149 cm³/mol. The maximum Gasteiger partial charge on any atom is 0.225 e. The predicted octanol–water partition coefficient (Wildman–Crippen LogP) is 4.60. The molecule has 0 saturated heterocycles. The zero-order valence-electron chi connectivity index (χ0n) is 23.5. The van der Waals surface area contributed by atoms with E-state index in [1.807, 2.05) is 25.8 Å². The van der Waals surface area contributed by atoms with E-state index in [-0.39, 0.29) is 30.6 Å². The topological polar surface area (TPSA) is 120 Å². The summed E-state index contributed by atoms with van der Waals surface area (Å²) in [5.74, 6) is -2.17. The number of unbranched alkanes of at least 4 members (excludes halogenated alkanes) is 1. The number of aliphatic hydroxyl groups excluding tert-OH is 1. The molecule has 0 atom stereocenters. The third-order valence-corrected chi connectivity index (χ3v) is 6.63. The van der Waals surface area contributed by atoms with Gasteiger partial charge in [0.25, 0.3) is 0 Å². The maximum absolute atomic E-state index is 14.3. The molecule has 1 heterocycles.